The Hall–Kier alpha value is -4.03. The van der Waals surface area contributed by atoms with E-state index in [-0.39, 0.29) is 10.6 Å². The van der Waals surface area contributed by atoms with E-state index >= 15 is 0 Å². The van der Waals surface area contributed by atoms with Gasteiger partial charge in [0, 0.05) is 17.1 Å². The quantitative estimate of drug-likeness (QED) is 0.213. The number of halogens is 6. The van der Waals surface area contributed by atoms with Crippen LogP contribution in [0.5, 0.6) is 5.75 Å². The molecule has 4 amide bonds. The Labute approximate surface area is 296 Å². The summed E-state index contributed by atoms with van der Waals surface area (Å²) in [5.74, 6) is -11.2. The number of amides is 4. The second kappa shape index (κ2) is 16.5. The summed E-state index contributed by atoms with van der Waals surface area (Å²) >= 11 is 5.95. The molecule has 5 atom stereocenters. The van der Waals surface area contributed by atoms with Crippen LogP contribution < -0.4 is 20.7 Å². The van der Waals surface area contributed by atoms with Crippen molar-refractivity contribution in [2.24, 2.45) is 5.92 Å². The molecular formula is C32H38ClF5N4O8S. The lowest BCUT2D eigenvalue weighted by Gasteiger charge is -2.34. The van der Waals surface area contributed by atoms with Gasteiger partial charge in [-0.3, -0.25) is 19.2 Å². The minimum absolute atomic E-state index is 0.0896. The molecule has 1 saturated heterocycles. The van der Waals surface area contributed by atoms with Crippen LogP contribution in [0.25, 0.3) is 0 Å². The number of hydrogen-bond donors (Lipinski definition) is 4. The van der Waals surface area contributed by atoms with E-state index in [2.05, 4.69) is 10.6 Å². The molecule has 0 saturated carbocycles. The van der Waals surface area contributed by atoms with Gasteiger partial charge in [0.05, 0.1) is 24.2 Å². The van der Waals surface area contributed by atoms with Gasteiger partial charge < -0.3 is 30.7 Å². The van der Waals surface area contributed by atoms with E-state index in [4.69, 9.17) is 16.3 Å². The van der Waals surface area contributed by atoms with Gasteiger partial charge in [0.25, 0.3) is 11.8 Å². The lowest BCUT2D eigenvalue weighted by Crippen LogP contribution is -2.61. The fraction of sp³-hybridized carbons (Fsp3) is 0.500. The molecule has 12 nitrogen and oxygen atoms in total. The standard InChI is InChI=1S/C32H38ClF5N4O8S/c1-17(2)25(26(43)32(37,38)30(47)39-16-31(34,35)36)41-28(45)24-13-23(51(48,49)15-19-8-10-22(50-4)11-9-19)14-42(24)29(46)18(3)40-27(44)20-6-5-7-21(33)12-20/h5-12,17-18,23-26,43H,13-16H2,1-4H3,(H,39,47)(H,40,44)(H,41,45)/t18?,23-,24+,25?,26?/m1/s1. The van der Waals surface area contributed by atoms with Crippen LogP contribution in [0, 0.1) is 5.92 Å². The average Bonchev–Trinajstić information content (AvgIpc) is 3.52. The number of nitrogens with one attached hydrogen (secondary N) is 3. The van der Waals surface area contributed by atoms with E-state index in [1.807, 2.05) is 0 Å². The molecule has 1 aliphatic rings. The number of sulfone groups is 1. The SMILES string of the molecule is COc1ccc(CS(=O)(=O)[C@@H]2C[C@@H](C(=O)NC(C(C)C)C(O)C(F)(F)C(=O)NCC(F)(F)F)N(C(=O)C(C)NC(=O)c3cccc(Cl)c3)C2)cc1. The zero-order valence-corrected chi connectivity index (χ0v) is 29.4. The number of benzene rings is 2. The highest BCUT2D eigenvalue weighted by Gasteiger charge is 2.53. The van der Waals surface area contributed by atoms with Crippen molar-refractivity contribution < 1.29 is 59.4 Å². The summed E-state index contributed by atoms with van der Waals surface area (Å²) in [5, 5.41) is 15.0. The van der Waals surface area contributed by atoms with Crippen LogP contribution in [0.4, 0.5) is 22.0 Å². The molecule has 19 heteroatoms. The van der Waals surface area contributed by atoms with Crippen molar-refractivity contribution in [1.82, 2.24) is 20.9 Å². The van der Waals surface area contributed by atoms with Gasteiger partial charge in [-0.05, 0) is 55.2 Å². The van der Waals surface area contributed by atoms with Crippen LogP contribution in [0.3, 0.4) is 0 Å². The third-order valence-corrected chi connectivity index (χ3v) is 10.5. The zero-order valence-electron chi connectivity index (χ0n) is 27.8. The highest BCUT2D eigenvalue weighted by Crippen LogP contribution is 2.30. The van der Waals surface area contributed by atoms with E-state index in [1.54, 1.807) is 0 Å². The fourth-order valence-electron chi connectivity index (χ4n) is 5.37. The summed E-state index contributed by atoms with van der Waals surface area (Å²) < 4.78 is 99.7. The van der Waals surface area contributed by atoms with Crippen LogP contribution in [0.15, 0.2) is 48.5 Å². The Morgan fingerprint density at radius 2 is 1.65 bits per heavy atom. The van der Waals surface area contributed by atoms with Crippen LogP contribution in [-0.2, 0) is 30.0 Å². The molecule has 3 unspecified atom stereocenters. The number of likely N-dealkylation sites (tertiary alicyclic amines) is 1. The third kappa shape index (κ3) is 10.7. The maximum absolute atomic E-state index is 14.9. The Morgan fingerprint density at radius 3 is 2.20 bits per heavy atom. The largest absolute Gasteiger partial charge is 0.497 e. The van der Waals surface area contributed by atoms with Gasteiger partial charge in [0.15, 0.2) is 9.84 Å². The predicted molar refractivity (Wildman–Crippen MR) is 175 cm³/mol. The number of nitrogens with zero attached hydrogens (tertiary/aromatic N) is 1. The maximum atomic E-state index is 14.9. The first-order valence-corrected chi connectivity index (χ1v) is 17.6. The normalized spacial score (nSPS) is 18.5. The molecule has 1 heterocycles. The topological polar surface area (TPSA) is 171 Å². The monoisotopic (exact) mass is 768 g/mol. The number of ether oxygens (including phenoxy) is 1. The van der Waals surface area contributed by atoms with Gasteiger partial charge >= 0.3 is 12.1 Å². The molecule has 0 spiro atoms. The molecule has 0 aliphatic carbocycles. The second-order valence-electron chi connectivity index (χ2n) is 12.4. The predicted octanol–water partition coefficient (Wildman–Crippen LogP) is 2.87. The highest BCUT2D eigenvalue weighted by molar-refractivity contribution is 7.91. The van der Waals surface area contributed by atoms with E-state index in [0.717, 1.165) is 10.2 Å². The molecule has 1 aliphatic heterocycles. The minimum atomic E-state index is -5.03. The Morgan fingerprint density at radius 1 is 1.02 bits per heavy atom. The summed E-state index contributed by atoms with van der Waals surface area (Å²) in [6.07, 6.45) is -8.59. The fourth-order valence-corrected chi connectivity index (χ4v) is 7.32. The summed E-state index contributed by atoms with van der Waals surface area (Å²) in [6.45, 7) is 1.16. The summed E-state index contributed by atoms with van der Waals surface area (Å²) in [7, 11) is -2.68. The van der Waals surface area contributed by atoms with Crippen molar-refractivity contribution in [3.05, 3.63) is 64.7 Å². The van der Waals surface area contributed by atoms with E-state index in [9.17, 15) is 54.7 Å². The zero-order chi connectivity index (χ0) is 38.5. The molecule has 0 radical (unpaired) electrons. The van der Waals surface area contributed by atoms with Crippen molar-refractivity contribution in [1.29, 1.82) is 0 Å². The van der Waals surface area contributed by atoms with Gasteiger partial charge in [-0.1, -0.05) is 43.6 Å². The molecule has 1 fully saturated rings. The molecule has 2 aromatic carbocycles. The van der Waals surface area contributed by atoms with E-state index in [0.29, 0.717) is 11.3 Å². The summed E-state index contributed by atoms with van der Waals surface area (Å²) in [4.78, 5) is 53.1. The van der Waals surface area contributed by atoms with Gasteiger partial charge in [-0.2, -0.15) is 22.0 Å². The maximum Gasteiger partial charge on any atom is 0.405 e. The number of hydrogen-bond acceptors (Lipinski definition) is 8. The summed E-state index contributed by atoms with van der Waals surface area (Å²) in [5.41, 5.74) is 0.449. The minimum Gasteiger partial charge on any atom is -0.497 e. The van der Waals surface area contributed by atoms with Gasteiger partial charge in [0.2, 0.25) is 11.8 Å². The lowest BCUT2D eigenvalue weighted by molar-refractivity contribution is -0.175. The van der Waals surface area contributed by atoms with Crippen LogP contribution in [0.1, 0.15) is 43.1 Å². The van der Waals surface area contributed by atoms with Gasteiger partial charge in [-0.25, -0.2) is 8.42 Å². The molecule has 282 valence electrons. The van der Waals surface area contributed by atoms with Crippen LogP contribution in [-0.4, -0.2) is 104 Å². The number of aliphatic hydroxyl groups is 1. The van der Waals surface area contributed by atoms with E-state index < -0.39 is 106 Å². The molecular weight excluding hydrogens is 731 g/mol. The summed E-state index contributed by atoms with van der Waals surface area (Å²) in [6, 6.07) is 6.89. The Kier molecular flexibility index (Phi) is 13.4. The van der Waals surface area contributed by atoms with E-state index in [1.165, 1.54) is 76.4 Å². The van der Waals surface area contributed by atoms with Crippen LogP contribution >= 0.6 is 11.6 Å². The first-order valence-electron chi connectivity index (χ1n) is 15.5. The molecule has 51 heavy (non-hydrogen) atoms. The Bertz CT molecular complexity index is 1690. The first-order chi connectivity index (χ1) is 23.6. The number of aliphatic hydroxyl groups excluding tert-OH is 1. The molecule has 3 rings (SSSR count). The second-order valence-corrected chi connectivity index (χ2v) is 15.1. The van der Waals surface area contributed by atoms with Crippen molar-refractivity contribution >= 4 is 45.1 Å². The molecule has 0 bridgehead atoms. The molecule has 4 N–H and O–H groups in total. The third-order valence-electron chi connectivity index (χ3n) is 8.18. The lowest BCUT2D eigenvalue weighted by atomic mass is 9.93. The Balaban J connectivity index is 1.90. The van der Waals surface area contributed by atoms with Crippen molar-refractivity contribution in [2.45, 2.75) is 74.5 Å². The van der Waals surface area contributed by atoms with Crippen LogP contribution in [0.2, 0.25) is 5.02 Å². The highest BCUT2D eigenvalue weighted by atomic mass is 35.5. The van der Waals surface area contributed by atoms with Crippen molar-refractivity contribution in [2.75, 3.05) is 20.2 Å². The first kappa shape index (κ1) is 41.4. The smallest absolute Gasteiger partial charge is 0.405 e. The van der Waals surface area contributed by atoms with Gasteiger partial charge in [0.1, 0.15) is 30.5 Å². The molecule has 2 aromatic rings. The number of carbonyl (C=O) groups is 4. The number of rotatable bonds is 14. The average molecular weight is 769 g/mol. The van der Waals surface area contributed by atoms with Gasteiger partial charge in [-0.15, -0.1) is 0 Å². The van der Waals surface area contributed by atoms with Crippen molar-refractivity contribution in [3.8, 4) is 5.75 Å². The molecule has 0 aromatic heterocycles. The number of alkyl halides is 5. The number of carbonyl (C=O) groups excluding carboxylic acids is 4. The number of methoxy groups -OCH3 is 1. The van der Waals surface area contributed by atoms with Crippen molar-refractivity contribution in [3.63, 3.8) is 0 Å².